The highest BCUT2D eigenvalue weighted by atomic mass is 35.5. The van der Waals surface area contributed by atoms with Gasteiger partial charge in [0.2, 0.25) is 0 Å². The molecule has 0 aliphatic heterocycles. The molecule has 1 atom stereocenters. The normalized spacial score (nSPS) is 14.4. The summed E-state index contributed by atoms with van der Waals surface area (Å²) in [6.45, 7) is 3.59. The van der Waals surface area contributed by atoms with Gasteiger partial charge in [0.1, 0.15) is 4.84 Å². The van der Waals surface area contributed by atoms with E-state index in [0.29, 0.717) is 5.54 Å². The molecular formula is C5H10Cl2Si. The molecule has 48 valence electrons. The smallest absolute Gasteiger partial charge is 0.105 e. The van der Waals surface area contributed by atoms with E-state index in [-0.39, 0.29) is 4.84 Å². The molecule has 0 aromatic heterocycles. The van der Waals surface area contributed by atoms with E-state index >= 15 is 0 Å². The molecule has 0 bridgehead atoms. The Kier molecular flexibility index (Phi) is 4.72. The standard InChI is InChI=1S/C5H10Cl2Si/c1-2-3-4(8)5(6)7/h2,4-5H,1,3H2,8H3. The summed E-state index contributed by atoms with van der Waals surface area (Å²) in [5.41, 5.74) is 0.468. The molecule has 0 amide bonds. The zero-order chi connectivity index (χ0) is 6.57. The van der Waals surface area contributed by atoms with Crippen molar-refractivity contribution >= 4 is 33.4 Å². The van der Waals surface area contributed by atoms with Gasteiger partial charge in [-0.15, -0.1) is 29.8 Å². The van der Waals surface area contributed by atoms with Gasteiger partial charge in [0.05, 0.1) is 0 Å². The lowest BCUT2D eigenvalue weighted by Crippen LogP contribution is -1.99. The molecule has 0 rings (SSSR count). The second-order valence-corrected chi connectivity index (χ2v) is 4.48. The predicted octanol–water partition coefficient (Wildman–Crippen LogP) is 1.52. The van der Waals surface area contributed by atoms with Crippen molar-refractivity contribution in [3.8, 4) is 0 Å². The second-order valence-electron chi connectivity index (χ2n) is 1.84. The molecule has 0 heterocycles. The molecule has 0 N–H and O–H groups in total. The minimum atomic E-state index is -0.195. The van der Waals surface area contributed by atoms with Gasteiger partial charge in [-0.2, -0.15) is 0 Å². The number of hydrogen-bond acceptors (Lipinski definition) is 0. The van der Waals surface area contributed by atoms with Crippen LogP contribution in [-0.4, -0.2) is 15.1 Å². The molecule has 0 nitrogen and oxygen atoms in total. The van der Waals surface area contributed by atoms with Crippen LogP contribution in [0, 0.1) is 0 Å². The lowest BCUT2D eigenvalue weighted by Gasteiger charge is -2.06. The summed E-state index contributed by atoms with van der Waals surface area (Å²) < 4.78 is 0. The Morgan fingerprint density at radius 2 is 2.12 bits per heavy atom. The second kappa shape index (κ2) is 4.42. The van der Waals surface area contributed by atoms with E-state index in [1.54, 1.807) is 0 Å². The molecule has 0 aliphatic rings. The lowest BCUT2D eigenvalue weighted by molar-refractivity contribution is 0.920. The van der Waals surface area contributed by atoms with Gasteiger partial charge in [0.15, 0.2) is 0 Å². The topological polar surface area (TPSA) is 0 Å². The molecule has 0 aromatic carbocycles. The Hall–Kier alpha value is 0.537. The van der Waals surface area contributed by atoms with E-state index in [1.807, 2.05) is 6.08 Å². The van der Waals surface area contributed by atoms with E-state index in [2.05, 4.69) is 6.58 Å². The molecule has 0 saturated carbocycles. The van der Waals surface area contributed by atoms with E-state index < -0.39 is 0 Å². The van der Waals surface area contributed by atoms with Crippen molar-refractivity contribution in [1.29, 1.82) is 0 Å². The number of alkyl halides is 2. The van der Waals surface area contributed by atoms with Gasteiger partial charge in [-0.1, -0.05) is 6.08 Å². The Balaban J connectivity index is 3.30. The summed E-state index contributed by atoms with van der Waals surface area (Å²) in [7, 11) is 1.05. The number of rotatable bonds is 3. The summed E-state index contributed by atoms with van der Waals surface area (Å²) in [6, 6.07) is 0. The summed E-state index contributed by atoms with van der Waals surface area (Å²) in [5.74, 6) is 0. The summed E-state index contributed by atoms with van der Waals surface area (Å²) in [5, 5.41) is 0. The first-order valence-electron chi connectivity index (χ1n) is 2.57. The van der Waals surface area contributed by atoms with E-state index in [4.69, 9.17) is 23.2 Å². The summed E-state index contributed by atoms with van der Waals surface area (Å²) >= 11 is 11.1. The fourth-order valence-corrected chi connectivity index (χ4v) is 0.905. The highest BCUT2D eigenvalue weighted by Crippen LogP contribution is 2.20. The minimum absolute atomic E-state index is 0.195. The molecule has 0 saturated heterocycles. The average molecular weight is 169 g/mol. The van der Waals surface area contributed by atoms with Gasteiger partial charge in [0, 0.05) is 10.2 Å². The van der Waals surface area contributed by atoms with Crippen LogP contribution in [0.4, 0.5) is 0 Å². The van der Waals surface area contributed by atoms with Gasteiger partial charge < -0.3 is 0 Å². The average Bonchev–Trinajstić information content (AvgIpc) is 1.67. The third-order valence-corrected chi connectivity index (χ3v) is 3.81. The minimum Gasteiger partial charge on any atom is -0.105 e. The fraction of sp³-hybridized carbons (Fsp3) is 0.600. The number of halogens is 2. The molecule has 3 heteroatoms. The van der Waals surface area contributed by atoms with Crippen molar-refractivity contribution in [3.63, 3.8) is 0 Å². The highest BCUT2D eigenvalue weighted by molar-refractivity contribution is 6.47. The summed E-state index contributed by atoms with van der Waals surface area (Å²) in [4.78, 5) is -0.195. The zero-order valence-electron chi connectivity index (χ0n) is 4.90. The fourth-order valence-electron chi connectivity index (χ4n) is 0.366. The van der Waals surface area contributed by atoms with Crippen LogP contribution >= 0.6 is 23.2 Å². The van der Waals surface area contributed by atoms with Gasteiger partial charge >= 0.3 is 0 Å². The largest absolute Gasteiger partial charge is 0.107 e. The number of hydrogen-bond donors (Lipinski definition) is 0. The third-order valence-electron chi connectivity index (χ3n) is 0.969. The van der Waals surface area contributed by atoms with Crippen LogP contribution in [-0.2, 0) is 0 Å². The highest BCUT2D eigenvalue weighted by Gasteiger charge is 2.07. The molecule has 0 spiro atoms. The van der Waals surface area contributed by atoms with Crippen LogP contribution in [0.5, 0.6) is 0 Å². The summed E-state index contributed by atoms with van der Waals surface area (Å²) in [6.07, 6.45) is 2.80. The first kappa shape index (κ1) is 8.54. The molecule has 8 heavy (non-hydrogen) atoms. The molecule has 0 radical (unpaired) electrons. The third kappa shape index (κ3) is 3.53. The van der Waals surface area contributed by atoms with Crippen LogP contribution in [0.1, 0.15) is 6.42 Å². The van der Waals surface area contributed by atoms with Crippen molar-refractivity contribution in [2.24, 2.45) is 0 Å². The quantitative estimate of drug-likeness (QED) is 0.341. The maximum absolute atomic E-state index is 5.56. The molecule has 0 aromatic rings. The number of allylic oxidation sites excluding steroid dienone is 1. The molecular weight excluding hydrogens is 159 g/mol. The zero-order valence-corrected chi connectivity index (χ0v) is 8.41. The van der Waals surface area contributed by atoms with E-state index in [1.165, 1.54) is 0 Å². The Bertz CT molecular complexity index is 72.8. The van der Waals surface area contributed by atoms with Crippen molar-refractivity contribution in [2.45, 2.75) is 16.8 Å². The van der Waals surface area contributed by atoms with Crippen molar-refractivity contribution in [2.75, 3.05) is 0 Å². The lowest BCUT2D eigenvalue weighted by atomic mass is 10.3. The van der Waals surface area contributed by atoms with Crippen molar-refractivity contribution in [3.05, 3.63) is 12.7 Å². The van der Waals surface area contributed by atoms with E-state index in [9.17, 15) is 0 Å². The van der Waals surface area contributed by atoms with Gasteiger partial charge in [-0.25, -0.2) is 0 Å². The van der Waals surface area contributed by atoms with Crippen molar-refractivity contribution < 1.29 is 0 Å². The molecule has 0 fully saturated rings. The Morgan fingerprint density at radius 3 is 2.25 bits per heavy atom. The molecule has 1 unspecified atom stereocenters. The van der Waals surface area contributed by atoms with Gasteiger partial charge in [0.25, 0.3) is 0 Å². The van der Waals surface area contributed by atoms with Crippen LogP contribution in [0.15, 0.2) is 12.7 Å². The van der Waals surface area contributed by atoms with Crippen LogP contribution in [0.3, 0.4) is 0 Å². The Labute approximate surface area is 63.3 Å². The van der Waals surface area contributed by atoms with Gasteiger partial charge in [-0.05, 0) is 12.0 Å². The van der Waals surface area contributed by atoms with Gasteiger partial charge in [-0.3, -0.25) is 0 Å². The monoisotopic (exact) mass is 168 g/mol. The maximum Gasteiger partial charge on any atom is 0.107 e. The first-order valence-corrected chi connectivity index (χ1v) is 4.60. The maximum atomic E-state index is 5.56. The van der Waals surface area contributed by atoms with E-state index in [0.717, 1.165) is 16.7 Å². The van der Waals surface area contributed by atoms with Crippen molar-refractivity contribution in [1.82, 2.24) is 0 Å². The van der Waals surface area contributed by atoms with Crippen LogP contribution in [0.2, 0.25) is 5.54 Å². The first-order chi connectivity index (χ1) is 3.68. The Morgan fingerprint density at radius 1 is 1.62 bits per heavy atom. The van der Waals surface area contributed by atoms with Crippen LogP contribution in [0.25, 0.3) is 0 Å². The predicted molar refractivity (Wildman–Crippen MR) is 44.0 cm³/mol. The SMILES string of the molecule is C=CCC([SiH3])C(Cl)Cl. The van der Waals surface area contributed by atoms with Crippen LogP contribution < -0.4 is 0 Å². The molecule has 0 aliphatic carbocycles.